The molecule has 27 heavy (non-hydrogen) atoms. The first kappa shape index (κ1) is 21.1. The van der Waals surface area contributed by atoms with Gasteiger partial charge in [0, 0.05) is 24.9 Å². The summed E-state index contributed by atoms with van der Waals surface area (Å²) in [6.07, 6.45) is -2.75. The molecule has 1 heterocycles. The Morgan fingerprint density at radius 1 is 1.19 bits per heavy atom. The number of hydrogen-bond acceptors (Lipinski definition) is 4. The number of aromatic nitrogens is 1. The molecule has 2 rings (SSSR count). The first-order valence-corrected chi connectivity index (χ1v) is 9.49. The van der Waals surface area contributed by atoms with Crippen LogP contribution in [0.3, 0.4) is 0 Å². The number of pyridine rings is 1. The molecular weight excluding hydrogens is 407 g/mol. The van der Waals surface area contributed by atoms with Crippen molar-refractivity contribution in [3.05, 3.63) is 58.9 Å². The summed E-state index contributed by atoms with van der Waals surface area (Å²) in [7, 11) is -4.31. The van der Waals surface area contributed by atoms with E-state index in [4.69, 9.17) is 11.6 Å². The molecule has 1 aromatic carbocycles. The number of halogens is 4. The molecule has 2 N–H and O–H groups in total. The van der Waals surface area contributed by atoms with Crippen molar-refractivity contribution in [2.75, 3.05) is 13.1 Å². The highest BCUT2D eigenvalue weighted by atomic mass is 35.5. The summed E-state index contributed by atoms with van der Waals surface area (Å²) in [5, 5.41) is 1.88. The van der Waals surface area contributed by atoms with Crippen LogP contribution in [0, 0.1) is 0 Å². The molecule has 0 aliphatic rings. The summed E-state index contributed by atoms with van der Waals surface area (Å²) >= 11 is 5.46. The molecule has 1 aromatic heterocycles. The Bertz CT molecular complexity index is 906. The van der Waals surface area contributed by atoms with E-state index in [2.05, 4.69) is 10.3 Å². The molecule has 0 atom stereocenters. The van der Waals surface area contributed by atoms with Gasteiger partial charge in [-0.05, 0) is 30.3 Å². The normalized spacial score (nSPS) is 12.0. The van der Waals surface area contributed by atoms with Gasteiger partial charge in [0.2, 0.25) is 15.9 Å². The van der Waals surface area contributed by atoms with E-state index in [1.807, 2.05) is 4.72 Å². The second-order valence-corrected chi connectivity index (χ2v) is 7.56. The fourth-order valence-corrected chi connectivity index (χ4v) is 3.30. The van der Waals surface area contributed by atoms with E-state index in [0.717, 1.165) is 17.8 Å². The zero-order chi connectivity index (χ0) is 20.1. The second kappa shape index (κ2) is 8.68. The van der Waals surface area contributed by atoms with Crippen LogP contribution in [-0.2, 0) is 27.4 Å². The van der Waals surface area contributed by atoms with Gasteiger partial charge in [0.15, 0.2) is 0 Å². The first-order chi connectivity index (χ1) is 12.6. The van der Waals surface area contributed by atoms with Gasteiger partial charge in [-0.3, -0.25) is 9.78 Å². The number of nitrogens with zero attached hydrogens (tertiary/aromatic N) is 1. The molecular formula is C16H15ClF3N3O3S. The zero-order valence-electron chi connectivity index (χ0n) is 13.8. The molecule has 0 aliphatic heterocycles. The Balaban J connectivity index is 1.93. The van der Waals surface area contributed by atoms with Gasteiger partial charge in [0.1, 0.15) is 0 Å². The van der Waals surface area contributed by atoms with Gasteiger partial charge in [-0.15, -0.1) is 0 Å². The molecule has 146 valence electrons. The Labute approximate surface area is 158 Å². The number of amides is 1. The van der Waals surface area contributed by atoms with Crippen molar-refractivity contribution >= 4 is 27.5 Å². The van der Waals surface area contributed by atoms with Crippen LogP contribution in [-0.4, -0.2) is 32.4 Å². The van der Waals surface area contributed by atoms with Crippen LogP contribution in [0.25, 0.3) is 0 Å². The van der Waals surface area contributed by atoms with Gasteiger partial charge >= 0.3 is 6.18 Å². The lowest BCUT2D eigenvalue weighted by molar-refractivity contribution is -0.137. The lowest BCUT2D eigenvalue weighted by Gasteiger charge is -2.12. The Morgan fingerprint density at radius 2 is 1.93 bits per heavy atom. The lowest BCUT2D eigenvalue weighted by Crippen LogP contribution is -2.37. The van der Waals surface area contributed by atoms with Crippen molar-refractivity contribution in [2.24, 2.45) is 0 Å². The van der Waals surface area contributed by atoms with Crippen LogP contribution >= 0.6 is 11.6 Å². The van der Waals surface area contributed by atoms with Crippen LogP contribution in [0.15, 0.2) is 47.5 Å². The molecule has 11 heteroatoms. The maximum atomic E-state index is 12.8. The summed E-state index contributed by atoms with van der Waals surface area (Å²) < 4.78 is 64.7. The quantitative estimate of drug-likeness (QED) is 0.718. The standard InChI is InChI=1S/C16H15ClF3N3O3S/c17-14-5-4-12(9-13(14)16(18,19)20)27(25,26)23-10-15(24)22-8-6-11-3-1-2-7-21-11/h1-5,7,9,23H,6,8,10H2,(H,22,24). The fraction of sp³-hybridized carbons (Fsp3) is 0.250. The van der Waals surface area contributed by atoms with Crippen LogP contribution in [0.5, 0.6) is 0 Å². The Kier molecular flexibility index (Phi) is 6.79. The molecule has 2 aromatic rings. The van der Waals surface area contributed by atoms with Crippen molar-refractivity contribution in [3.63, 3.8) is 0 Å². The SMILES string of the molecule is O=C(CNS(=O)(=O)c1ccc(Cl)c(C(F)(F)F)c1)NCCc1ccccn1. The average Bonchev–Trinajstić information content (AvgIpc) is 2.60. The Morgan fingerprint density at radius 3 is 2.56 bits per heavy atom. The molecule has 0 saturated carbocycles. The monoisotopic (exact) mass is 421 g/mol. The summed E-state index contributed by atoms with van der Waals surface area (Å²) in [5.74, 6) is -0.625. The second-order valence-electron chi connectivity index (χ2n) is 5.38. The molecule has 1 amide bonds. The van der Waals surface area contributed by atoms with Gasteiger partial charge < -0.3 is 5.32 Å². The third-order valence-corrected chi connectivity index (χ3v) is 5.13. The van der Waals surface area contributed by atoms with Gasteiger partial charge in [0.05, 0.1) is 22.0 Å². The highest BCUT2D eigenvalue weighted by Gasteiger charge is 2.34. The molecule has 6 nitrogen and oxygen atoms in total. The zero-order valence-corrected chi connectivity index (χ0v) is 15.3. The number of sulfonamides is 1. The molecule has 0 fully saturated rings. The van der Waals surface area contributed by atoms with Gasteiger partial charge in [0.25, 0.3) is 0 Å². The van der Waals surface area contributed by atoms with Crippen molar-refractivity contribution in [1.29, 1.82) is 0 Å². The van der Waals surface area contributed by atoms with E-state index in [-0.39, 0.29) is 6.54 Å². The smallest absolute Gasteiger partial charge is 0.355 e. The third-order valence-electron chi connectivity index (χ3n) is 3.41. The van der Waals surface area contributed by atoms with Crippen LogP contribution in [0.4, 0.5) is 13.2 Å². The largest absolute Gasteiger partial charge is 0.417 e. The molecule has 0 aliphatic carbocycles. The van der Waals surface area contributed by atoms with Crippen molar-refractivity contribution in [1.82, 2.24) is 15.0 Å². The summed E-state index contributed by atoms with van der Waals surface area (Å²) in [6.45, 7) is -0.384. The van der Waals surface area contributed by atoms with Crippen molar-refractivity contribution < 1.29 is 26.4 Å². The van der Waals surface area contributed by atoms with E-state index in [1.165, 1.54) is 0 Å². The number of rotatable bonds is 7. The Hall–Kier alpha value is -2.17. The highest BCUT2D eigenvalue weighted by Crippen LogP contribution is 2.35. The number of carbonyl (C=O) groups excluding carboxylic acids is 1. The van der Waals surface area contributed by atoms with E-state index < -0.39 is 44.1 Å². The van der Waals surface area contributed by atoms with Crippen molar-refractivity contribution in [2.45, 2.75) is 17.5 Å². The molecule has 0 spiro atoms. The summed E-state index contributed by atoms with van der Waals surface area (Å²) in [5.41, 5.74) is -0.522. The highest BCUT2D eigenvalue weighted by molar-refractivity contribution is 7.89. The number of alkyl halides is 3. The minimum Gasteiger partial charge on any atom is -0.355 e. The summed E-state index contributed by atoms with van der Waals surface area (Å²) in [4.78, 5) is 15.2. The van der Waals surface area contributed by atoms with Crippen molar-refractivity contribution in [3.8, 4) is 0 Å². The predicted octanol–water partition coefficient (Wildman–Crippen LogP) is 2.39. The molecule has 0 saturated heterocycles. The maximum Gasteiger partial charge on any atom is 0.417 e. The summed E-state index contributed by atoms with van der Waals surface area (Å²) in [6, 6.07) is 7.50. The number of benzene rings is 1. The van der Waals surface area contributed by atoms with Gasteiger partial charge in [-0.1, -0.05) is 17.7 Å². The number of carbonyl (C=O) groups is 1. The topological polar surface area (TPSA) is 88.2 Å². The van der Waals surface area contributed by atoms with Gasteiger partial charge in [-0.25, -0.2) is 13.1 Å². The fourth-order valence-electron chi connectivity index (χ4n) is 2.07. The molecule has 0 radical (unpaired) electrons. The maximum absolute atomic E-state index is 12.8. The van der Waals surface area contributed by atoms with E-state index in [9.17, 15) is 26.4 Å². The number of nitrogens with one attached hydrogen (secondary N) is 2. The van der Waals surface area contributed by atoms with E-state index >= 15 is 0 Å². The minimum absolute atomic E-state index is 0.233. The van der Waals surface area contributed by atoms with Gasteiger partial charge in [-0.2, -0.15) is 13.2 Å². The lowest BCUT2D eigenvalue weighted by atomic mass is 10.2. The first-order valence-electron chi connectivity index (χ1n) is 7.62. The van der Waals surface area contributed by atoms with E-state index in [0.29, 0.717) is 12.5 Å². The predicted molar refractivity (Wildman–Crippen MR) is 92.6 cm³/mol. The van der Waals surface area contributed by atoms with E-state index in [1.54, 1.807) is 24.4 Å². The average molecular weight is 422 g/mol. The van der Waals surface area contributed by atoms with Crippen LogP contribution in [0.2, 0.25) is 5.02 Å². The molecule has 0 bridgehead atoms. The van der Waals surface area contributed by atoms with Crippen LogP contribution in [0.1, 0.15) is 11.3 Å². The molecule has 0 unspecified atom stereocenters. The van der Waals surface area contributed by atoms with Crippen LogP contribution < -0.4 is 10.0 Å². The third kappa shape index (κ3) is 6.19. The number of hydrogen-bond donors (Lipinski definition) is 2. The minimum atomic E-state index is -4.80.